The van der Waals surface area contributed by atoms with Crippen LogP contribution in [0.25, 0.3) is 6.08 Å². The highest BCUT2D eigenvalue weighted by Gasteiger charge is 2.34. The highest BCUT2D eigenvalue weighted by atomic mass is 35.5. The highest BCUT2D eigenvalue weighted by Crippen LogP contribution is 2.29. The molecule has 0 spiro atoms. The zero-order valence-electron chi connectivity index (χ0n) is 15.6. The van der Waals surface area contributed by atoms with Gasteiger partial charge in [0.15, 0.2) is 0 Å². The van der Waals surface area contributed by atoms with Gasteiger partial charge in [-0.15, -0.1) is 0 Å². The third kappa shape index (κ3) is 4.17. The minimum atomic E-state index is -0.473. The molecular formula is C23H16Cl2N2O3. The van der Waals surface area contributed by atoms with Gasteiger partial charge in [-0.25, -0.2) is 5.01 Å². The fourth-order valence-corrected chi connectivity index (χ4v) is 3.41. The van der Waals surface area contributed by atoms with Crippen molar-refractivity contribution in [3.8, 4) is 5.75 Å². The van der Waals surface area contributed by atoms with Crippen LogP contribution in [0.15, 0.2) is 78.4 Å². The molecule has 1 heterocycles. The fourth-order valence-electron chi connectivity index (χ4n) is 2.98. The topological polar surface area (TPSA) is 58.6 Å². The third-order valence-corrected chi connectivity index (χ3v) is 5.18. The van der Waals surface area contributed by atoms with Crippen LogP contribution in [-0.2, 0) is 16.2 Å². The number of carbonyl (C=O) groups is 2. The standard InChI is InChI=1S/C23H16Cl2N2O3/c24-19-9-5-4-6-16(19)14-30-21-11-10-15(13-20(21)25)12-18-22(28)26-27(23(18)29)17-7-2-1-3-8-17/h1-13H,14H2,(H,26,28)/b18-12-. The lowest BCUT2D eigenvalue weighted by Gasteiger charge is -2.13. The van der Waals surface area contributed by atoms with Gasteiger partial charge in [-0.3, -0.25) is 15.0 Å². The molecule has 5 nitrogen and oxygen atoms in total. The molecule has 7 heteroatoms. The number of amides is 2. The van der Waals surface area contributed by atoms with E-state index in [0.717, 1.165) is 5.56 Å². The number of carbonyl (C=O) groups excluding carboxylic acids is 2. The van der Waals surface area contributed by atoms with Gasteiger partial charge in [0.2, 0.25) is 0 Å². The molecule has 1 aliphatic rings. The van der Waals surface area contributed by atoms with Crippen molar-refractivity contribution in [1.29, 1.82) is 0 Å². The SMILES string of the molecule is O=C1NN(c2ccccc2)C(=O)/C1=C\c1ccc(OCc2ccccc2Cl)c(Cl)c1. The Kier molecular flexibility index (Phi) is 5.74. The largest absolute Gasteiger partial charge is 0.487 e. The van der Waals surface area contributed by atoms with Crippen molar-refractivity contribution in [3.05, 3.63) is 99.5 Å². The van der Waals surface area contributed by atoms with Gasteiger partial charge in [-0.05, 0) is 42.0 Å². The third-order valence-electron chi connectivity index (χ3n) is 4.51. The predicted octanol–water partition coefficient (Wildman–Crippen LogP) is 5.03. The first-order valence-electron chi connectivity index (χ1n) is 9.11. The zero-order valence-corrected chi connectivity index (χ0v) is 17.2. The highest BCUT2D eigenvalue weighted by molar-refractivity contribution is 6.33. The first-order valence-corrected chi connectivity index (χ1v) is 9.86. The number of rotatable bonds is 5. The number of hydrogen-bond acceptors (Lipinski definition) is 3. The number of anilines is 1. The number of hydrogen-bond donors (Lipinski definition) is 1. The molecule has 3 aromatic rings. The second-order valence-corrected chi connectivity index (χ2v) is 7.36. The summed E-state index contributed by atoms with van der Waals surface area (Å²) in [6.45, 7) is 0.271. The molecule has 0 aromatic heterocycles. The van der Waals surface area contributed by atoms with E-state index in [1.807, 2.05) is 24.3 Å². The Bertz CT molecular complexity index is 1150. The Labute approximate surface area is 183 Å². The molecule has 0 unspecified atom stereocenters. The lowest BCUT2D eigenvalue weighted by Crippen LogP contribution is -2.35. The van der Waals surface area contributed by atoms with E-state index in [-0.39, 0.29) is 12.2 Å². The van der Waals surface area contributed by atoms with Crippen molar-refractivity contribution in [1.82, 2.24) is 5.43 Å². The average molecular weight is 439 g/mol. The number of para-hydroxylation sites is 1. The fraction of sp³-hybridized carbons (Fsp3) is 0.0435. The summed E-state index contributed by atoms with van der Waals surface area (Å²) in [5, 5.41) is 2.20. The van der Waals surface area contributed by atoms with Crippen LogP contribution in [0.4, 0.5) is 5.69 Å². The maximum absolute atomic E-state index is 12.7. The number of nitrogens with one attached hydrogen (secondary N) is 1. The summed E-state index contributed by atoms with van der Waals surface area (Å²) < 4.78 is 5.75. The van der Waals surface area contributed by atoms with Crippen LogP contribution in [0.5, 0.6) is 5.75 Å². The Morgan fingerprint density at radius 3 is 2.37 bits per heavy atom. The van der Waals surface area contributed by atoms with Gasteiger partial charge in [0.1, 0.15) is 17.9 Å². The van der Waals surface area contributed by atoms with Crippen LogP contribution in [0, 0.1) is 0 Å². The minimum absolute atomic E-state index is 0.0275. The second-order valence-electron chi connectivity index (χ2n) is 6.54. The molecule has 2 amide bonds. The molecule has 1 N–H and O–H groups in total. The van der Waals surface area contributed by atoms with Gasteiger partial charge in [0.25, 0.3) is 11.8 Å². The van der Waals surface area contributed by atoms with Crippen LogP contribution in [-0.4, -0.2) is 11.8 Å². The molecule has 1 aliphatic heterocycles. The van der Waals surface area contributed by atoms with E-state index in [1.54, 1.807) is 48.5 Å². The molecule has 3 aromatic carbocycles. The molecule has 0 radical (unpaired) electrons. The molecule has 4 rings (SSSR count). The summed E-state index contributed by atoms with van der Waals surface area (Å²) in [6, 6.07) is 21.3. The van der Waals surface area contributed by atoms with E-state index < -0.39 is 11.8 Å². The van der Waals surface area contributed by atoms with Gasteiger partial charge < -0.3 is 4.74 Å². The van der Waals surface area contributed by atoms with Gasteiger partial charge in [0.05, 0.1) is 10.7 Å². The van der Waals surface area contributed by atoms with Crippen LogP contribution in [0.1, 0.15) is 11.1 Å². The van der Waals surface area contributed by atoms with Crippen LogP contribution >= 0.6 is 23.2 Å². The van der Waals surface area contributed by atoms with E-state index in [9.17, 15) is 9.59 Å². The molecule has 0 aliphatic carbocycles. The summed E-state index contributed by atoms with van der Waals surface area (Å²) in [7, 11) is 0. The Morgan fingerprint density at radius 1 is 0.900 bits per heavy atom. The maximum atomic E-state index is 12.7. The smallest absolute Gasteiger partial charge is 0.282 e. The first-order chi connectivity index (χ1) is 14.5. The molecule has 0 saturated carbocycles. The van der Waals surface area contributed by atoms with Gasteiger partial charge in [-0.1, -0.05) is 65.7 Å². The molecule has 0 bridgehead atoms. The summed E-state index contributed by atoms with van der Waals surface area (Å²) in [4.78, 5) is 25.0. The van der Waals surface area contributed by atoms with Gasteiger partial charge in [0, 0.05) is 10.6 Å². The van der Waals surface area contributed by atoms with E-state index in [4.69, 9.17) is 27.9 Å². The van der Waals surface area contributed by atoms with E-state index in [2.05, 4.69) is 5.43 Å². The van der Waals surface area contributed by atoms with Crippen molar-refractivity contribution >= 4 is 46.8 Å². The summed E-state index contributed by atoms with van der Waals surface area (Å²) >= 11 is 12.5. The van der Waals surface area contributed by atoms with E-state index >= 15 is 0 Å². The van der Waals surface area contributed by atoms with Crippen LogP contribution in [0.3, 0.4) is 0 Å². The zero-order chi connectivity index (χ0) is 21.1. The second kappa shape index (κ2) is 8.61. The van der Waals surface area contributed by atoms with Crippen LogP contribution in [0.2, 0.25) is 10.0 Å². The van der Waals surface area contributed by atoms with E-state index in [1.165, 1.54) is 11.1 Å². The van der Waals surface area contributed by atoms with Crippen molar-refractivity contribution in [2.45, 2.75) is 6.61 Å². The molecular weight excluding hydrogens is 423 g/mol. The van der Waals surface area contributed by atoms with Crippen molar-refractivity contribution in [2.24, 2.45) is 0 Å². The Morgan fingerprint density at radius 2 is 1.63 bits per heavy atom. The Hall–Kier alpha value is -3.28. The number of ether oxygens (including phenoxy) is 1. The lowest BCUT2D eigenvalue weighted by atomic mass is 10.1. The monoisotopic (exact) mass is 438 g/mol. The normalized spacial score (nSPS) is 14.9. The predicted molar refractivity (Wildman–Crippen MR) is 117 cm³/mol. The molecule has 1 saturated heterocycles. The first kappa shape index (κ1) is 20.0. The van der Waals surface area contributed by atoms with E-state index in [0.29, 0.717) is 27.0 Å². The van der Waals surface area contributed by atoms with Crippen molar-refractivity contribution < 1.29 is 14.3 Å². The van der Waals surface area contributed by atoms with Crippen molar-refractivity contribution in [2.75, 3.05) is 5.01 Å². The van der Waals surface area contributed by atoms with Gasteiger partial charge in [-0.2, -0.15) is 0 Å². The lowest BCUT2D eigenvalue weighted by molar-refractivity contribution is -0.117. The quantitative estimate of drug-likeness (QED) is 0.448. The Balaban J connectivity index is 1.51. The molecule has 0 atom stereocenters. The summed E-state index contributed by atoms with van der Waals surface area (Å²) in [6.07, 6.45) is 1.50. The summed E-state index contributed by atoms with van der Waals surface area (Å²) in [5.74, 6) is -0.424. The number of halogens is 2. The van der Waals surface area contributed by atoms with Crippen molar-refractivity contribution in [3.63, 3.8) is 0 Å². The minimum Gasteiger partial charge on any atom is -0.487 e. The summed E-state index contributed by atoms with van der Waals surface area (Å²) in [5.41, 5.74) is 4.63. The maximum Gasteiger partial charge on any atom is 0.282 e. The number of benzene rings is 3. The van der Waals surface area contributed by atoms with Gasteiger partial charge >= 0.3 is 0 Å². The molecule has 1 fully saturated rings. The van der Waals surface area contributed by atoms with Crippen LogP contribution < -0.4 is 15.2 Å². The number of hydrazine groups is 1. The average Bonchev–Trinajstić information content (AvgIpc) is 3.03. The molecule has 150 valence electrons. The number of nitrogens with zero attached hydrogens (tertiary/aromatic N) is 1. The molecule has 30 heavy (non-hydrogen) atoms.